The Bertz CT molecular complexity index is 346. The number of likely N-dealkylation sites (N-methyl/N-ethyl adjacent to an activating group) is 1. The average Bonchev–Trinajstić information content (AvgIpc) is 2.40. The van der Waals surface area contributed by atoms with Gasteiger partial charge in [-0.15, -0.1) is 0 Å². The number of aromatic nitrogens is 1. The number of piperazine rings is 1. The van der Waals surface area contributed by atoms with Gasteiger partial charge < -0.3 is 10.2 Å². The molecule has 0 aliphatic carbocycles. The zero-order chi connectivity index (χ0) is 13.0. The maximum atomic E-state index is 4.12. The Balaban J connectivity index is 2.14. The lowest BCUT2D eigenvalue weighted by atomic mass is 9.98. The summed E-state index contributed by atoms with van der Waals surface area (Å²) in [7, 11) is 4.31. The summed E-state index contributed by atoms with van der Waals surface area (Å²) in [6.07, 6.45) is 3.77. The van der Waals surface area contributed by atoms with Gasteiger partial charge in [0.05, 0.1) is 0 Å². The predicted molar refractivity (Wildman–Crippen MR) is 74.6 cm³/mol. The Hall–Kier alpha value is -0.970. The third-order valence-electron chi connectivity index (χ3n) is 3.79. The number of nitrogens with one attached hydrogen (secondary N) is 1. The first-order valence-electron chi connectivity index (χ1n) is 6.71. The van der Waals surface area contributed by atoms with Gasteiger partial charge in [-0.05, 0) is 38.7 Å². The lowest BCUT2D eigenvalue weighted by molar-refractivity contribution is 0.106. The average molecular weight is 248 g/mol. The fourth-order valence-electron chi connectivity index (χ4n) is 2.86. The molecule has 1 aromatic rings. The normalized spacial score (nSPS) is 20.9. The Morgan fingerprint density at radius 3 is 2.39 bits per heavy atom. The van der Waals surface area contributed by atoms with E-state index in [9.17, 15) is 0 Å². The van der Waals surface area contributed by atoms with Crippen LogP contribution in [-0.4, -0.2) is 61.1 Å². The van der Waals surface area contributed by atoms with Crippen molar-refractivity contribution in [2.45, 2.75) is 19.0 Å². The molecule has 2 heterocycles. The van der Waals surface area contributed by atoms with Gasteiger partial charge >= 0.3 is 0 Å². The van der Waals surface area contributed by atoms with Gasteiger partial charge in [-0.2, -0.15) is 0 Å². The maximum absolute atomic E-state index is 4.12. The standard InChI is InChI=1S/C14H24N4/c1-12(18-10-8-16-9-11-18)14(17(2)3)13-4-6-15-7-5-13/h4-7,12,14,16H,8-11H2,1-3H3. The molecular weight excluding hydrogens is 224 g/mol. The Labute approximate surface area is 110 Å². The van der Waals surface area contributed by atoms with E-state index in [0.29, 0.717) is 12.1 Å². The highest BCUT2D eigenvalue weighted by Crippen LogP contribution is 2.25. The number of nitrogens with zero attached hydrogens (tertiary/aromatic N) is 3. The fraction of sp³-hybridized carbons (Fsp3) is 0.643. The van der Waals surface area contributed by atoms with E-state index in [-0.39, 0.29) is 0 Å². The van der Waals surface area contributed by atoms with Crippen molar-refractivity contribution in [2.24, 2.45) is 0 Å². The number of rotatable bonds is 4. The van der Waals surface area contributed by atoms with Gasteiger partial charge in [0.25, 0.3) is 0 Å². The fourth-order valence-corrected chi connectivity index (χ4v) is 2.86. The molecular formula is C14H24N4. The quantitative estimate of drug-likeness (QED) is 0.860. The Kier molecular flexibility index (Phi) is 4.69. The monoisotopic (exact) mass is 248 g/mol. The molecule has 1 aliphatic heterocycles. The first kappa shape index (κ1) is 13.5. The van der Waals surface area contributed by atoms with Gasteiger partial charge in [0.15, 0.2) is 0 Å². The van der Waals surface area contributed by atoms with E-state index in [1.165, 1.54) is 5.56 Å². The van der Waals surface area contributed by atoms with Gasteiger partial charge in [0.1, 0.15) is 0 Å². The molecule has 4 nitrogen and oxygen atoms in total. The van der Waals surface area contributed by atoms with Crippen molar-refractivity contribution < 1.29 is 0 Å². The van der Waals surface area contributed by atoms with E-state index in [1.54, 1.807) is 0 Å². The number of hydrogen-bond donors (Lipinski definition) is 1. The molecule has 100 valence electrons. The van der Waals surface area contributed by atoms with Crippen LogP contribution in [0.1, 0.15) is 18.5 Å². The van der Waals surface area contributed by atoms with Crippen molar-refractivity contribution in [1.29, 1.82) is 0 Å². The molecule has 18 heavy (non-hydrogen) atoms. The first-order valence-corrected chi connectivity index (χ1v) is 6.71. The molecule has 1 aliphatic rings. The van der Waals surface area contributed by atoms with E-state index >= 15 is 0 Å². The molecule has 1 fully saturated rings. The molecule has 0 spiro atoms. The molecule has 0 bridgehead atoms. The van der Waals surface area contributed by atoms with Crippen LogP contribution in [0, 0.1) is 0 Å². The molecule has 0 aromatic carbocycles. The van der Waals surface area contributed by atoms with E-state index in [2.05, 4.69) is 53.3 Å². The molecule has 0 amide bonds. The maximum Gasteiger partial charge on any atom is 0.0496 e. The minimum absolute atomic E-state index is 0.422. The van der Waals surface area contributed by atoms with Crippen LogP contribution in [0.15, 0.2) is 24.5 Å². The highest BCUT2D eigenvalue weighted by molar-refractivity contribution is 5.17. The van der Waals surface area contributed by atoms with Crippen LogP contribution in [0.4, 0.5) is 0 Å². The topological polar surface area (TPSA) is 31.4 Å². The van der Waals surface area contributed by atoms with E-state index in [0.717, 1.165) is 26.2 Å². The van der Waals surface area contributed by atoms with Gasteiger partial charge in [0.2, 0.25) is 0 Å². The molecule has 4 heteroatoms. The minimum Gasteiger partial charge on any atom is -0.314 e. The molecule has 1 N–H and O–H groups in total. The van der Waals surface area contributed by atoms with Crippen molar-refractivity contribution >= 4 is 0 Å². The zero-order valence-electron chi connectivity index (χ0n) is 11.6. The molecule has 1 aromatic heterocycles. The van der Waals surface area contributed by atoms with Gasteiger partial charge in [-0.25, -0.2) is 0 Å². The zero-order valence-corrected chi connectivity index (χ0v) is 11.6. The van der Waals surface area contributed by atoms with E-state index in [4.69, 9.17) is 0 Å². The van der Waals surface area contributed by atoms with Crippen LogP contribution in [0.25, 0.3) is 0 Å². The lowest BCUT2D eigenvalue weighted by Gasteiger charge is -2.40. The summed E-state index contributed by atoms with van der Waals surface area (Å²) in [5, 5.41) is 3.41. The summed E-state index contributed by atoms with van der Waals surface area (Å²) < 4.78 is 0. The lowest BCUT2D eigenvalue weighted by Crippen LogP contribution is -2.51. The largest absolute Gasteiger partial charge is 0.314 e. The number of pyridine rings is 1. The second-order valence-corrected chi connectivity index (χ2v) is 5.22. The minimum atomic E-state index is 0.422. The summed E-state index contributed by atoms with van der Waals surface area (Å²) in [5.41, 5.74) is 1.35. The highest BCUT2D eigenvalue weighted by Gasteiger charge is 2.27. The third kappa shape index (κ3) is 3.07. The van der Waals surface area contributed by atoms with E-state index < -0.39 is 0 Å². The van der Waals surface area contributed by atoms with Crippen molar-refractivity contribution in [3.63, 3.8) is 0 Å². The number of hydrogen-bond acceptors (Lipinski definition) is 4. The van der Waals surface area contributed by atoms with Crippen molar-refractivity contribution in [2.75, 3.05) is 40.3 Å². The van der Waals surface area contributed by atoms with Crippen molar-refractivity contribution in [3.8, 4) is 0 Å². The van der Waals surface area contributed by atoms with Crippen LogP contribution >= 0.6 is 0 Å². The molecule has 2 unspecified atom stereocenters. The molecule has 2 atom stereocenters. The first-order chi connectivity index (χ1) is 8.70. The summed E-state index contributed by atoms with van der Waals surface area (Å²) in [4.78, 5) is 9.00. The third-order valence-corrected chi connectivity index (χ3v) is 3.79. The van der Waals surface area contributed by atoms with Crippen molar-refractivity contribution in [3.05, 3.63) is 30.1 Å². The smallest absolute Gasteiger partial charge is 0.0496 e. The summed E-state index contributed by atoms with van der Waals surface area (Å²) in [6.45, 7) is 6.80. The predicted octanol–water partition coefficient (Wildman–Crippen LogP) is 0.978. The second kappa shape index (κ2) is 6.27. The highest BCUT2D eigenvalue weighted by atomic mass is 15.3. The SMILES string of the molecule is CC(C(c1ccncc1)N(C)C)N1CCNCC1. The molecule has 0 radical (unpaired) electrons. The van der Waals surface area contributed by atoms with Gasteiger partial charge in [-0.1, -0.05) is 0 Å². The van der Waals surface area contributed by atoms with Crippen LogP contribution in [-0.2, 0) is 0 Å². The Morgan fingerprint density at radius 1 is 1.22 bits per heavy atom. The summed E-state index contributed by atoms with van der Waals surface area (Å²) in [5.74, 6) is 0. The van der Waals surface area contributed by atoms with Gasteiger partial charge in [-0.3, -0.25) is 9.88 Å². The molecule has 1 saturated heterocycles. The summed E-state index contributed by atoms with van der Waals surface area (Å²) in [6, 6.07) is 5.20. The van der Waals surface area contributed by atoms with Crippen LogP contribution < -0.4 is 5.32 Å². The second-order valence-electron chi connectivity index (χ2n) is 5.22. The Morgan fingerprint density at radius 2 is 1.83 bits per heavy atom. The molecule has 0 saturated carbocycles. The van der Waals surface area contributed by atoms with Crippen LogP contribution in [0.2, 0.25) is 0 Å². The van der Waals surface area contributed by atoms with Crippen LogP contribution in [0.3, 0.4) is 0 Å². The summed E-state index contributed by atoms with van der Waals surface area (Å²) >= 11 is 0. The molecule has 2 rings (SSSR count). The van der Waals surface area contributed by atoms with Crippen molar-refractivity contribution in [1.82, 2.24) is 20.1 Å². The van der Waals surface area contributed by atoms with Crippen LogP contribution in [0.5, 0.6) is 0 Å². The van der Waals surface area contributed by atoms with E-state index in [1.807, 2.05) is 12.4 Å². The van der Waals surface area contributed by atoms with Gasteiger partial charge in [0, 0.05) is 50.7 Å².